The van der Waals surface area contributed by atoms with Crippen LogP contribution >= 0.6 is 11.6 Å². The number of benzene rings is 2. The number of nitrogens with one attached hydrogen (secondary N) is 2. The summed E-state index contributed by atoms with van der Waals surface area (Å²) in [4.78, 5) is 50.5. The molecule has 7 nitrogen and oxygen atoms in total. The largest absolute Gasteiger partial charge is 0.352 e. The van der Waals surface area contributed by atoms with Crippen molar-refractivity contribution in [2.75, 3.05) is 0 Å². The summed E-state index contributed by atoms with van der Waals surface area (Å²) in [7, 11) is 30.8. The number of imide groups is 1. The zero-order valence-corrected chi connectivity index (χ0v) is 19.8. The van der Waals surface area contributed by atoms with Gasteiger partial charge >= 0.3 is 5.92 Å². The number of hydrogen-bond donors (Lipinski definition) is 2. The SMILES string of the molecule is [B]c1cc2c(c([B])c1C([B])NC(=O)C(F)(F)c1ccc(Cl)cc1)C([B])([B])N(C1CCC(=O)NC1=O)C2=O. The van der Waals surface area contributed by atoms with Crippen LogP contribution in [0.4, 0.5) is 8.78 Å². The number of carbonyl (C=O) groups is 4. The lowest BCUT2D eigenvalue weighted by molar-refractivity contribution is -0.147. The number of nitrogens with zero attached hydrogens (tertiary/aromatic N) is 1. The first-order valence-corrected chi connectivity index (χ1v) is 11.2. The van der Waals surface area contributed by atoms with Crippen LogP contribution in [0.15, 0.2) is 30.3 Å². The van der Waals surface area contributed by atoms with Gasteiger partial charge in [-0.15, -0.1) is 0 Å². The molecule has 37 heavy (non-hydrogen) atoms. The number of fused-ring (bicyclic) bond motifs is 1. The summed E-state index contributed by atoms with van der Waals surface area (Å²) in [5.41, 5.74) is -1.69. The summed E-state index contributed by atoms with van der Waals surface area (Å²) in [6.45, 7) is 0. The van der Waals surface area contributed by atoms with Crippen LogP contribution in [-0.4, -0.2) is 73.8 Å². The number of alkyl halides is 2. The molecule has 2 heterocycles. The topological polar surface area (TPSA) is 95.6 Å². The number of hydrogen-bond acceptors (Lipinski definition) is 4. The average molecular weight is 511 g/mol. The zero-order chi connectivity index (χ0) is 27.4. The van der Waals surface area contributed by atoms with Gasteiger partial charge in [0.1, 0.15) is 29.6 Å². The molecule has 0 saturated carbocycles. The molecule has 2 atom stereocenters. The van der Waals surface area contributed by atoms with Crippen LogP contribution in [0.5, 0.6) is 0 Å². The molecule has 2 unspecified atom stereocenters. The van der Waals surface area contributed by atoms with Gasteiger partial charge in [-0.2, -0.15) is 8.78 Å². The Morgan fingerprint density at radius 3 is 2.41 bits per heavy atom. The third-order valence-corrected chi connectivity index (χ3v) is 6.55. The third kappa shape index (κ3) is 4.49. The minimum atomic E-state index is -3.99. The first-order valence-electron chi connectivity index (χ1n) is 10.9. The molecule has 0 spiro atoms. The first-order chi connectivity index (χ1) is 17.2. The van der Waals surface area contributed by atoms with Crippen LogP contribution in [0.3, 0.4) is 0 Å². The van der Waals surface area contributed by atoms with Crippen LogP contribution in [0.1, 0.15) is 45.8 Å². The van der Waals surface area contributed by atoms with Gasteiger partial charge in [-0.3, -0.25) is 24.5 Å². The number of piperidine rings is 1. The Balaban J connectivity index is 1.67. The van der Waals surface area contributed by atoms with Gasteiger partial charge in [-0.05, 0) is 35.0 Å². The Morgan fingerprint density at radius 1 is 1.19 bits per heavy atom. The maximum atomic E-state index is 14.7. The van der Waals surface area contributed by atoms with E-state index in [0.717, 1.165) is 23.1 Å². The monoisotopic (exact) mass is 511 g/mol. The van der Waals surface area contributed by atoms with E-state index in [2.05, 4.69) is 5.32 Å². The summed E-state index contributed by atoms with van der Waals surface area (Å²) in [6, 6.07) is 4.30. The highest BCUT2D eigenvalue weighted by Crippen LogP contribution is 2.37. The van der Waals surface area contributed by atoms with Gasteiger partial charge in [0.25, 0.3) is 11.8 Å². The van der Waals surface area contributed by atoms with Gasteiger partial charge in [0.05, 0.1) is 15.7 Å². The lowest BCUT2D eigenvalue weighted by atomic mass is 9.54. The van der Waals surface area contributed by atoms with E-state index >= 15 is 0 Å². The molecule has 0 bridgehead atoms. The van der Waals surface area contributed by atoms with Gasteiger partial charge in [-0.1, -0.05) is 40.7 Å². The Morgan fingerprint density at radius 2 is 1.81 bits per heavy atom. The molecule has 2 aromatic rings. The highest BCUT2D eigenvalue weighted by Gasteiger charge is 2.49. The summed E-state index contributed by atoms with van der Waals surface area (Å²) in [5, 5.41) is 2.12. The van der Waals surface area contributed by atoms with Gasteiger partial charge in [0, 0.05) is 28.5 Å². The van der Waals surface area contributed by atoms with Crippen molar-refractivity contribution >= 4 is 85.4 Å². The Hall–Kier alpha value is -3.01. The second-order valence-corrected chi connectivity index (χ2v) is 9.15. The lowest BCUT2D eigenvalue weighted by Gasteiger charge is -2.41. The molecule has 0 aliphatic carbocycles. The second-order valence-electron chi connectivity index (χ2n) is 8.72. The summed E-state index contributed by atoms with van der Waals surface area (Å²) >= 11 is 5.72. The van der Waals surface area contributed by atoms with Crippen molar-refractivity contribution in [3.05, 3.63) is 57.6 Å². The summed E-state index contributed by atoms with van der Waals surface area (Å²) in [5.74, 6) is -9.49. The van der Waals surface area contributed by atoms with Crippen LogP contribution in [-0.2, 0) is 25.6 Å². The fourth-order valence-electron chi connectivity index (χ4n) is 4.53. The normalized spacial score (nSPS) is 19.8. The fourth-order valence-corrected chi connectivity index (χ4v) is 4.65. The average Bonchev–Trinajstić information content (AvgIpc) is 2.99. The van der Waals surface area contributed by atoms with Crippen molar-refractivity contribution in [1.82, 2.24) is 15.5 Å². The maximum absolute atomic E-state index is 14.7. The molecule has 15 heteroatoms. The quantitative estimate of drug-likeness (QED) is 0.387. The molecule has 176 valence electrons. The molecular weight excluding hydrogens is 498 g/mol. The van der Waals surface area contributed by atoms with Crippen molar-refractivity contribution < 1.29 is 28.0 Å². The lowest BCUT2D eigenvalue weighted by Crippen LogP contribution is -2.59. The van der Waals surface area contributed by atoms with E-state index < -0.39 is 52.4 Å². The molecule has 1 fully saturated rings. The van der Waals surface area contributed by atoms with Gasteiger partial charge in [0.15, 0.2) is 0 Å². The van der Waals surface area contributed by atoms with E-state index in [0.29, 0.717) is 0 Å². The van der Waals surface area contributed by atoms with Crippen molar-refractivity contribution in [2.24, 2.45) is 0 Å². The number of amides is 4. The second kappa shape index (κ2) is 9.38. The van der Waals surface area contributed by atoms with Crippen molar-refractivity contribution in [1.29, 1.82) is 0 Å². The predicted octanol–water partition coefficient (Wildman–Crippen LogP) is -1.29. The fraction of sp³-hybridized carbons (Fsp3) is 0.273. The van der Waals surface area contributed by atoms with Crippen LogP contribution < -0.4 is 21.6 Å². The van der Waals surface area contributed by atoms with E-state index in [4.69, 9.17) is 50.8 Å². The minimum absolute atomic E-state index is 0.0435. The standard InChI is InChI=1S/C22H13B5ClF2N3O4/c23-11-7-10-15(22(26,27)33(19(10)36)12-5-6-13(34)31-18(12)35)16(24)14(11)17(25)32-20(37)21(29,30)8-1-3-9(28)4-2-8/h1-4,7,12,17H,5-6H2,(H,32,37)(H,31,34,35). The van der Waals surface area contributed by atoms with E-state index in [1.54, 1.807) is 0 Å². The van der Waals surface area contributed by atoms with Crippen molar-refractivity contribution in [3.8, 4) is 0 Å². The minimum Gasteiger partial charge on any atom is -0.352 e. The molecule has 2 N–H and O–H groups in total. The van der Waals surface area contributed by atoms with E-state index in [-0.39, 0.29) is 45.5 Å². The van der Waals surface area contributed by atoms with Crippen LogP contribution in [0, 0.1) is 0 Å². The predicted molar refractivity (Wildman–Crippen MR) is 135 cm³/mol. The van der Waals surface area contributed by atoms with E-state index in [1.165, 1.54) is 12.1 Å². The van der Waals surface area contributed by atoms with E-state index in [1.807, 2.05) is 5.32 Å². The zero-order valence-electron chi connectivity index (χ0n) is 19.1. The molecule has 2 aromatic carbocycles. The molecule has 0 aromatic heterocycles. The maximum Gasteiger partial charge on any atom is 0.349 e. The molecule has 10 radical (unpaired) electrons. The van der Waals surface area contributed by atoms with E-state index in [9.17, 15) is 28.0 Å². The molecule has 4 rings (SSSR count). The Labute approximate surface area is 222 Å². The third-order valence-electron chi connectivity index (χ3n) is 6.30. The molecule has 2 aliphatic heterocycles. The van der Waals surface area contributed by atoms with Gasteiger partial charge in [-0.25, -0.2) is 0 Å². The van der Waals surface area contributed by atoms with Gasteiger partial charge in [0.2, 0.25) is 11.8 Å². The Bertz CT molecular complexity index is 1340. The van der Waals surface area contributed by atoms with Crippen LogP contribution in [0.25, 0.3) is 0 Å². The van der Waals surface area contributed by atoms with Crippen molar-refractivity contribution in [2.45, 2.75) is 36.1 Å². The number of rotatable bonds is 5. The van der Waals surface area contributed by atoms with Crippen molar-refractivity contribution in [3.63, 3.8) is 0 Å². The molecule has 2 aliphatic rings. The number of carbonyl (C=O) groups excluding carboxylic acids is 4. The first kappa shape index (κ1) is 27.0. The Kier molecular flexibility index (Phi) is 6.86. The smallest absolute Gasteiger partial charge is 0.349 e. The highest BCUT2D eigenvalue weighted by atomic mass is 35.5. The van der Waals surface area contributed by atoms with Crippen LogP contribution in [0.2, 0.25) is 5.02 Å². The molecular formula is C22H13B5ClF2N3O4. The highest BCUT2D eigenvalue weighted by molar-refractivity contribution is 6.49. The number of halogens is 3. The summed E-state index contributed by atoms with van der Waals surface area (Å²) < 4.78 is 29.5. The molecule has 1 saturated heterocycles. The summed E-state index contributed by atoms with van der Waals surface area (Å²) in [6.07, 6.45) is -0.105. The van der Waals surface area contributed by atoms with Gasteiger partial charge < -0.3 is 10.2 Å². The molecule has 4 amide bonds.